The first-order valence-electron chi connectivity index (χ1n) is 5.33. The third-order valence-electron chi connectivity index (χ3n) is 3.05. The van der Waals surface area contributed by atoms with Gasteiger partial charge in [-0.3, -0.25) is 9.36 Å². The van der Waals surface area contributed by atoms with Crippen LogP contribution in [0, 0.1) is 0 Å². The fourth-order valence-corrected chi connectivity index (χ4v) is 2.76. The van der Waals surface area contributed by atoms with E-state index in [1.165, 1.54) is 12.1 Å². The first-order valence-corrected chi connectivity index (χ1v) is 6.94. The molecular weight excluding hydrogens is 251 g/mol. The summed E-state index contributed by atoms with van der Waals surface area (Å²) in [6, 6.07) is 11.4. The summed E-state index contributed by atoms with van der Waals surface area (Å²) in [5.41, 5.74) is 2.48. The van der Waals surface area contributed by atoms with Crippen molar-refractivity contribution in [2.75, 3.05) is 0 Å². The van der Waals surface area contributed by atoms with Crippen molar-refractivity contribution in [2.45, 2.75) is 0 Å². The zero-order chi connectivity index (χ0) is 12.9. The molecule has 0 fully saturated rings. The van der Waals surface area contributed by atoms with Crippen LogP contribution in [0.3, 0.4) is 0 Å². The van der Waals surface area contributed by atoms with Crippen LogP contribution in [0.5, 0.6) is 0 Å². The van der Waals surface area contributed by atoms with E-state index in [0.29, 0.717) is 11.1 Å². The predicted molar refractivity (Wildman–Crippen MR) is 67.0 cm³/mol. The molecule has 0 bridgehead atoms. The lowest BCUT2D eigenvalue weighted by atomic mass is 10.1. The highest BCUT2D eigenvalue weighted by atomic mass is 31.2. The van der Waals surface area contributed by atoms with Crippen molar-refractivity contribution in [2.24, 2.45) is 0 Å². The maximum absolute atomic E-state index is 12.1. The van der Waals surface area contributed by atoms with Crippen molar-refractivity contribution in [1.29, 1.82) is 0 Å². The lowest BCUT2D eigenvalue weighted by Crippen LogP contribution is -2.06. The number of benzene rings is 2. The van der Waals surface area contributed by atoms with E-state index in [1.54, 1.807) is 18.2 Å². The van der Waals surface area contributed by atoms with E-state index in [9.17, 15) is 9.36 Å². The highest BCUT2D eigenvalue weighted by Gasteiger charge is 2.28. The SMILES string of the molecule is O=C1c2ccccc2-c2ccc(P(=O)(O)O)cc21. The maximum atomic E-state index is 12.1. The lowest BCUT2D eigenvalue weighted by Gasteiger charge is -2.05. The Morgan fingerprint density at radius 2 is 1.44 bits per heavy atom. The summed E-state index contributed by atoms with van der Waals surface area (Å²) in [6.45, 7) is 0. The Balaban J connectivity index is 2.26. The molecule has 0 unspecified atom stereocenters. The number of hydrogen-bond donors (Lipinski definition) is 2. The van der Waals surface area contributed by atoms with Gasteiger partial charge < -0.3 is 9.79 Å². The number of carbonyl (C=O) groups excluding carboxylic acids is 1. The zero-order valence-electron chi connectivity index (χ0n) is 9.20. The maximum Gasteiger partial charge on any atom is 0.356 e. The first kappa shape index (κ1) is 11.4. The number of carbonyl (C=O) groups is 1. The van der Waals surface area contributed by atoms with Gasteiger partial charge in [-0.05, 0) is 23.3 Å². The van der Waals surface area contributed by atoms with Gasteiger partial charge in [0.05, 0.1) is 5.30 Å². The molecular formula is C13H9O4P. The first-order chi connectivity index (χ1) is 8.48. The Hall–Kier alpha value is -1.74. The third kappa shape index (κ3) is 1.55. The second-order valence-electron chi connectivity index (χ2n) is 4.15. The van der Waals surface area contributed by atoms with E-state index in [4.69, 9.17) is 9.79 Å². The molecule has 1 aliphatic carbocycles. The van der Waals surface area contributed by atoms with Crippen LogP contribution in [0.1, 0.15) is 15.9 Å². The van der Waals surface area contributed by atoms with Crippen molar-refractivity contribution in [1.82, 2.24) is 0 Å². The molecule has 0 amide bonds. The number of ketones is 1. The van der Waals surface area contributed by atoms with Crippen molar-refractivity contribution in [3.63, 3.8) is 0 Å². The van der Waals surface area contributed by atoms with Crippen LogP contribution in [0.4, 0.5) is 0 Å². The monoisotopic (exact) mass is 260 g/mol. The summed E-state index contributed by atoms with van der Waals surface area (Å²) in [6.07, 6.45) is 0. The van der Waals surface area contributed by atoms with Gasteiger partial charge in [-0.15, -0.1) is 0 Å². The molecule has 0 atom stereocenters. The molecule has 90 valence electrons. The van der Waals surface area contributed by atoms with Crippen LogP contribution in [0.2, 0.25) is 0 Å². The summed E-state index contributed by atoms with van der Waals surface area (Å²) in [4.78, 5) is 30.4. The van der Waals surface area contributed by atoms with Gasteiger partial charge in [-0.2, -0.15) is 0 Å². The summed E-state index contributed by atoms with van der Waals surface area (Å²) < 4.78 is 11.2. The molecule has 0 saturated carbocycles. The van der Waals surface area contributed by atoms with Gasteiger partial charge in [-0.1, -0.05) is 30.3 Å². The van der Waals surface area contributed by atoms with E-state index in [2.05, 4.69) is 0 Å². The molecule has 0 saturated heterocycles. The van der Waals surface area contributed by atoms with Gasteiger partial charge >= 0.3 is 7.60 Å². The summed E-state index contributed by atoms with van der Waals surface area (Å²) in [5.74, 6) is -0.184. The Morgan fingerprint density at radius 3 is 2.11 bits per heavy atom. The summed E-state index contributed by atoms with van der Waals surface area (Å²) in [5, 5.41) is -0.123. The van der Waals surface area contributed by atoms with Crippen LogP contribution in [0.15, 0.2) is 42.5 Å². The van der Waals surface area contributed by atoms with Crippen molar-refractivity contribution in [3.8, 4) is 11.1 Å². The molecule has 5 heteroatoms. The van der Waals surface area contributed by atoms with Gasteiger partial charge in [0.1, 0.15) is 0 Å². The van der Waals surface area contributed by atoms with Crippen LogP contribution in [-0.4, -0.2) is 15.6 Å². The second-order valence-corrected chi connectivity index (χ2v) is 5.75. The minimum atomic E-state index is -4.32. The van der Waals surface area contributed by atoms with Gasteiger partial charge in [0.25, 0.3) is 0 Å². The number of hydrogen-bond acceptors (Lipinski definition) is 2. The minimum absolute atomic E-state index is 0.123. The zero-order valence-corrected chi connectivity index (χ0v) is 10.1. The molecule has 0 spiro atoms. The van der Waals surface area contributed by atoms with Crippen molar-refractivity contribution in [3.05, 3.63) is 53.6 Å². The van der Waals surface area contributed by atoms with Crippen LogP contribution >= 0.6 is 7.60 Å². The minimum Gasteiger partial charge on any atom is -0.321 e. The Morgan fingerprint density at radius 1 is 0.833 bits per heavy atom. The third-order valence-corrected chi connectivity index (χ3v) is 4.00. The van der Waals surface area contributed by atoms with Crippen molar-refractivity contribution >= 4 is 18.7 Å². The lowest BCUT2D eigenvalue weighted by molar-refractivity contribution is 0.104. The van der Waals surface area contributed by atoms with E-state index in [1.807, 2.05) is 12.1 Å². The molecule has 18 heavy (non-hydrogen) atoms. The average molecular weight is 260 g/mol. The molecule has 2 N–H and O–H groups in total. The largest absolute Gasteiger partial charge is 0.356 e. The molecule has 2 aromatic rings. The standard InChI is InChI=1S/C13H9O4P/c14-13-11-4-2-1-3-9(11)10-6-5-8(7-12(10)13)18(15,16)17/h1-7H,(H2,15,16,17). The van der Waals surface area contributed by atoms with Gasteiger partial charge in [0.15, 0.2) is 5.78 Å². The average Bonchev–Trinajstić information content (AvgIpc) is 2.63. The van der Waals surface area contributed by atoms with E-state index < -0.39 is 7.60 Å². The van der Waals surface area contributed by atoms with Crippen LogP contribution < -0.4 is 5.30 Å². The fraction of sp³-hybridized carbons (Fsp3) is 0. The summed E-state index contributed by atoms with van der Waals surface area (Å²) in [7, 11) is -4.32. The Bertz CT molecular complexity index is 715. The van der Waals surface area contributed by atoms with E-state index in [-0.39, 0.29) is 11.1 Å². The molecule has 1 aliphatic rings. The van der Waals surface area contributed by atoms with Crippen molar-refractivity contribution < 1.29 is 19.1 Å². The normalized spacial score (nSPS) is 13.3. The molecule has 0 heterocycles. The van der Waals surface area contributed by atoms with Crippen LogP contribution in [0.25, 0.3) is 11.1 Å². The smallest absolute Gasteiger partial charge is 0.321 e. The number of fused-ring (bicyclic) bond motifs is 3. The molecule has 0 aliphatic heterocycles. The molecule has 4 nitrogen and oxygen atoms in total. The molecule has 2 aromatic carbocycles. The van der Waals surface area contributed by atoms with E-state index >= 15 is 0 Å². The van der Waals surface area contributed by atoms with Gasteiger partial charge in [-0.25, -0.2) is 0 Å². The fourth-order valence-electron chi connectivity index (χ4n) is 2.20. The van der Waals surface area contributed by atoms with E-state index in [0.717, 1.165) is 11.1 Å². The predicted octanol–water partition coefficient (Wildman–Crippen LogP) is 1.70. The highest BCUT2D eigenvalue weighted by molar-refractivity contribution is 7.60. The Kier molecular flexibility index (Phi) is 2.29. The van der Waals surface area contributed by atoms with Gasteiger partial charge in [0, 0.05) is 11.1 Å². The Labute approximate surface area is 103 Å². The van der Waals surface area contributed by atoms with Crippen LogP contribution in [-0.2, 0) is 4.57 Å². The topological polar surface area (TPSA) is 74.6 Å². The number of rotatable bonds is 1. The molecule has 0 radical (unpaired) electrons. The molecule has 3 rings (SSSR count). The quantitative estimate of drug-likeness (QED) is 0.653. The summed E-state index contributed by atoms with van der Waals surface area (Å²) >= 11 is 0. The van der Waals surface area contributed by atoms with Gasteiger partial charge in [0.2, 0.25) is 0 Å². The molecule has 0 aromatic heterocycles. The second kappa shape index (κ2) is 3.62. The highest BCUT2D eigenvalue weighted by Crippen LogP contribution is 2.39.